The van der Waals surface area contributed by atoms with Crippen molar-refractivity contribution < 1.29 is 68.1 Å². The Balaban J connectivity index is 3.22. The summed E-state index contributed by atoms with van der Waals surface area (Å²) in [6, 6.07) is -9.91. The van der Waals surface area contributed by atoms with Crippen molar-refractivity contribution >= 4 is 65.1 Å². The monoisotopic (exact) mass is 957 g/mol. The summed E-state index contributed by atoms with van der Waals surface area (Å²) in [6.07, 6.45) is -1.79. The Bertz CT molecular complexity index is 1750. The third-order valence-electron chi connectivity index (χ3n) is 10.5. The van der Waals surface area contributed by atoms with Crippen LogP contribution in [0.2, 0.25) is 0 Å². The van der Waals surface area contributed by atoms with E-state index in [2.05, 4.69) is 42.5 Å². The lowest BCUT2D eigenvalue weighted by Crippen LogP contribution is -2.60. The molecule has 0 saturated carbocycles. The van der Waals surface area contributed by atoms with Gasteiger partial charge in [-0.1, -0.05) is 34.1 Å². The highest BCUT2D eigenvalue weighted by Crippen LogP contribution is 2.22. The van der Waals surface area contributed by atoms with E-state index in [1.54, 1.807) is 27.7 Å². The van der Waals surface area contributed by atoms with Gasteiger partial charge in [-0.05, 0) is 70.8 Å². The Morgan fingerprint density at radius 2 is 1.24 bits per heavy atom. The molecule has 0 aromatic carbocycles. The van der Waals surface area contributed by atoms with E-state index >= 15 is 0 Å². The van der Waals surface area contributed by atoms with Crippen LogP contribution in [-0.4, -0.2) is 166 Å². The van der Waals surface area contributed by atoms with Crippen LogP contribution < -0.4 is 59.7 Å². The number of amides is 9. The molecule has 67 heavy (non-hydrogen) atoms. The second-order valence-electron chi connectivity index (χ2n) is 17.2. The van der Waals surface area contributed by atoms with Crippen LogP contribution in [0.3, 0.4) is 0 Å². The molecular formula is C41H72N12O14. The van der Waals surface area contributed by atoms with Gasteiger partial charge in [0, 0.05) is 13.0 Å². The fourth-order valence-electron chi connectivity index (χ4n) is 6.92. The number of nitrogens with one attached hydrogen (secondary N) is 8. The topological polar surface area (TPSA) is 426 Å². The molecule has 0 radical (unpaired) electrons. The van der Waals surface area contributed by atoms with Gasteiger partial charge >= 0.3 is 11.9 Å². The number of carboxylic acid groups (broad SMARTS) is 2. The third kappa shape index (κ3) is 21.9. The van der Waals surface area contributed by atoms with Crippen molar-refractivity contribution in [2.45, 2.75) is 154 Å². The average molecular weight is 957 g/mol. The van der Waals surface area contributed by atoms with Crippen LogP contribution in [0.25, 0.3) is 0 Å². The molecule has 0 aromatic rings. The second kappa shape index (κ2) is 29.6. The molecule has 9 amide bonds. The van der Waals surface area contributed by atoms with Gasteiger partial charge in [0.2, 0.25) is 53.2 Å². The number of unbranched alkanes of at least 4 members (excludes halogenated alkanes) is 1. The SMILES string of the molecule is CC(C)C[C@H](NC(=O)[C@H](CCCCN)NC(O)[C@@H]1CCCN1C(=O)[C@H](CCC(=O)O)NC(=O)CNC(=O)[C@H](C)N)C(=O)N[C@@H](CC(=O)O)C(=O)N[C@@H](C)C(=O)NCC(=O)N[C@H](C(N)=O)C(C)C. The van der Waals surface area contributed by atoms with Crippen LogP contribution in [-0.2, 0) is 52.7 Å². The lowest BCUT2D eigenvalue weighted by molar-refractivity contribution is -0.142. The quantitative estimate of drug-likeness (QED) is 0.0228. The van der Waals surface area contributed by atoms with Crippen LogP contribution in [0.1, 0.15) is 99.3 Å². The number of carbonyl (C=O) groups excluding carboxylic acids is 9. The van der Waals surface area contributed by atoms with E-state index in [9.17, 15) is 68.1 Å². The highest BCUT2D eigenvalue weighted by molar-refractivity contribution is 5.97. The van der Waals surface area contributed by atoms with Crippen molar-refractivity contribution in [2.24, 2.45) is 29.0 Å². The van der Waals surface area contributed by atoms with Crippen molar-refractivity contribution in [1.29, 1.82) is 0 Å². The molecule has 1 fully saturated rings. The predicted octanol–water partition coefficient (Wildman–Crippen LogP) is -5.07. The van der Waals surface area contributed by atoms with Crippen molar-refractivity contribution in [1.82, 2.24) is 47.4 Å². The van der Waals surface area contributed by atoms with Gasteiger partial charge in [0.15, 0.2) is 0 Å². The number of carbonyl (C=O) groups is 11. The summed E-state index contributed by atoms with van der Waals surface area (Å²) in [5, 5.41) is 50.0. The Morgan fingerprint density at radius 3 is 1.78 bits per heavy atom. The summed E-state index contributed by atoms with van der Waals surface area (Å²) in [5.41, 5.74) is 16.5. The number of carboxylic acids is 2. The molecule has 1 rings (SSSR count). The van der Waals surface area contributed by atoms with E-state index in [0.29, 0.717) is 19.3 Å². The molecule has 17 N–H and O–H groups in total. The Hall–Kier alpha value is -5.99. The molecule has 9 atom stereocenters. The maximum atomic E-state index is 14.0. The number of hydrogen-bond donors (Lipinski definition) is 14. The number of aliphatic hydroxyl groups excluding tert-OH is 1. The lowest BCUT2D eigenvalue weighted by Gasteiger charge is -2.34. The standard InChI is InChI=1S/C41H72N12O14/c1-20(2)16-26(39(65)51-27(17-32(58)59)38(64)47-23(6)36(62)46-19-30(55)52-33(21(3)4)34(44)60)50-37(63)24(10-7-8-14-42)49-40(66)28-11-9-15-53(28)41(67)25(12-13-31(56)57)48-29(54)18-45-35(61)22(5)43/h20-28,33,40,49,66H,7-19,42-43H2,1-6H3,(H2,44,60)(H,45,61)(H,46,62)(H,47,64)(H,48,54)(H,50,63)(H,51,65)(H,52,55)(H,56,57)(H,58,59)/t22-,23-,24-,25-,26-,27-,28-,33-,40?/m0/s1. The van der Waals surface area contributed by atoms with Gasteiger partial charge in [-0.2, -0.15) is 0 Å². The number of aliphatic hydroxyl groups is 1. The Kier molecular flexibility index (Phi) is 26.1. The summed E-state index contributed by atoms with van der Waals surface area (Å²) >= 11 is 0. The summed E-state index contributed by atoms with van der Waals surface area (Å²) < 4.78 is 0. The minimum absolute atomic E-state index is 0.00532. The van der Waals surface area contributed by atoms with Crippen molar-refractivity contribution in [2.75, 3.05) is 26.2 Å². The molecule has 1 unspecified atom stereocenters. The molecule has 1 heterocycles. The molecular weight excluding hydrogens is 885 g/mol. The zero-order valence-corrected chi connectivity index (χ0v) is 39.1. The number of nitrogens with zero attached hydrogens (tertiary/aromatic N) is 1. The summed E-state index contributed by atoms with van der Waals surface area (Å²) in [7, 11) is 0. The number of primary amides is 1. The number of nitrogens with two attached hydrogens (primary N) is 3. The normalized spacial score (nSPS) is 17.1. The van der Waals surface area contributed by atoms with E-state index < -0.39 is 146 Å². The minimum atomic E-state index is -1.75. The van der Waals surface area contributed by atoms with Crippen LogP contribution in [0.15, 0.2) is 0 Å². The average Bonchev–Trinajstić information content (AvgIpc) is 3.74. The van der Waals surface area contributed by atoms with Crippen molar-refractivity contribution in [3.8, 4) is 0 Å². The molecule has 0 spiro atoms. The van der Waals surface area contributed by atoms with Gasteiger partial charge in [0.1, 0.15) is 36.4 Å². The molecule has 26 nitrogen and oxygen atoms in total. The van der Waals surface area contributed by atoms with Crippen molar-refractivity contribution in [3.63, 3.8) is 0 Å². The molecule has 0 aliphatic carbocycles. The Morgan fingerprint density at radius 1 is 0.672 bits per heavy atom. The lowest BCUT2D eigenvalue weighted by atomic mass is 10.0. The molecule has 1 aliphatic heterocycles. The van der Waals surface area contributed by atoms with Crippen LogP contribution >= 0.6 is 0 Å². The predicted molar refractivity (Wildman–Crippen MR) is 238 cm³/mol. The fraction of sp³-hybridized carbons (Fsp3) is 0.732. The van der Waals surface area contributed by atoms with Gasteiger partial charge in [-0.25, -0.2) is 0 Å². The Labute approximate surface area is 389 Å². The van der Waals surface area contributed by atoms with Gasteiger partial charge in [-0.3, -0.25) is 58.1 Å². The summed E-state index contributed by atoms with van der Waals surface area (Å²) in [6.45, 7) is 8.64. The number of likely N-dealkylation sites (tertiary alicyclic amines) is 1. The van der Waals surface area contributed by atoms with Crippen LogP contribution in [0.5, 0.6) is 0 Å². The van der Waals surface area contributed by atoms with Gasteiger partial charge in [0.05, 0.1) is 37.6 Å². The van der Waals surface area contributed by atoms with Gasteiger partial charge in [-0.15, -0.1) is 0 Å². The van der Waals surface area contributed by atoms with E-state index in [0.717, 1.165) is 0 Å². The number of hydrogen-bond acceptors (Lipinski definition) is 15. The molecule has 1 aliphatic rings. The van der Waals surface area contributed by atoms with Crippen LogP contribution in [0, 0.1) is 11.8 Å². The minimum Gasteiger partial charge on any atom is -0.481 e. The first kappa shape index (κ1) is 59.0. The zero-order valence-electron chi connectivity index (χ0n) is 39.1. The number of rotatable bonds is 31. The first-order chi connectivity index (χ1) is 31.3. The van der Waals surface area contributed by atoms with E-state index in [1.165, 1.54) is 18.7 Å². The highest BCUT2D eigenvalue weighted by atomic mass is 16.4. The van der Waals surface area contributed by atoms with Crippen LogP contribution in [0.4, 0.5) is 0 Å². The van der Waals surface area contributed by atoms with E-state index in [-0.39, 0.29) is 50.6 Å². The van der Waals surface area contributed by atoms with Gasteiger partial charge in [0.25, 0.3) is 0 Å². The molecule has 0 aromatic heterocycles. The number of aliphatic carboxylic acids is 2. The third-order valence-corrected chi connectivity index (χ3v) is 10.5. The largest absolute Gasteiger partial charge is 0.481 e. The van der Waals surface area contributed by atoms with Crippen molar-refractivity contribution in [3.05, 3.63) is 0 Å². The molecule has 380 valence electrons. The van der Waals surface area contributed by atoms with E-state index in [4.69, 9.17) is 17.2 Å². The first-order valence-electron chi connectivity index (χ1n) is 22.3. The smallest absolute Gasteiger partial charge is 0.305 e. The molecule has 1 saturated heterocycles. The maximum Gasteiger partial charge on any atom is 0.305 e. The second-order valence-corrected chi connectivity index (χ2v) is 17.2. The highest BCUT2D eigenvalue weighted by Gasteiger charge is 2.40. The molecule has 0 bridgehead atoms. The van der Waals surface area contributed by atoms with E-state index in [1.807, 2.05) is 0 Å². The summed E-state index contributed by atoms with van der Waals surface area (Å²) in [5.74, 6) is -10.7. The molecule has 26 heteroatoms. The zero-order chi connectivity index (χ0) is 51.1. The summed E-state index contributed by atoms with van der Waals surface area (Å²) in [4.78, 5) is 141. The fourth-order valence-corrected chi connectivity index (χ4v) is 6.92. The van der Waals surface area contributed by atoms with Gasteiger partial charge < -0.3 is 74.6 Å². The first-order valence-corrected chi connectivity index (χ1v) is 22.3. The maximum absolute atomic E-state index is 14.0.